The number of carbonyl (C=O) groups excluding carboxylic acids is 1. The predicted octanol–water partition coefficient (Wildman–Crippen LogP) is 1.09. The zero-order valence-electron chi connectivity index (χ0n) is 6.92. The molecule has 1 aliphatic heterocycles. The highest BCUT2D eigenvalue weighted by molar-refractivity contribution is 6.03. The molecule has 0 saturated heterocycles. The van der Waals surface area contributed by atoms with Crippen LogP contribution < -0.4 is 9.64 Å². The van der Waals surface area contributed by atoms with E-state index in [1.54, 1.807) is 6.07 Å². The first-order valence-electron chi connectivity index (χ1n) is 3.64. The predicted molar refractivity (Wildman–Crippen MR) is 44.6 cm³/mol. The van der Waals surface area contributed by atoms with Crippen molar-refractivity contribution in [3.05, 3.63) is 23.8 Å². The summed E-state index contributed by atoms with van der Waals surface area (Å²) in [7, 11) is 3.81. The largest absolute Gasteiger partial charge is 0.420 e. The Hall–Kier alpha value is -1.51. The summed E-state index contributed by atoms with van der Waals surface area (Å²) in [5.74, 6) is 0.362. The second-order valence-electron chi connectivity index (χ2n) is 2.85. The molecule has 1 radical (unpaired) electrons. The Balaban J connectivity index is 2.53. The summed E-state index contributed by atoms with van der Waals surface area (Å²) in [6, 6.07) is 6.43. The molecule has 12 heavy (non-hydrogen) atoms. The van der Waals surface area contributed by atoms with Gasteiger partial charge in [0.2, 0.25) is 0 Å². The van der Waals surface area contributed by atoms with E-state index in [1.165, 1.54) is 0 Å². The van der Waals surface area contributed by atoms with Crippen LogP contribution in [0, 0.1) is 6.07 Å². The minimum absolute atomic E-state index is 0.284. The van der Waals surface area contributed by atoms with E-state index in [0.717, 1.165) is 5.69 Å². The van der Waals surface area contributed by atoms with Crippen LogP contribution in [0.5, 0.6) is 5.75 Å². The van der Waals surface area contributed by atoms with Gasteiger partial charge in [-0.05, 0) is 6.07 Å². The van der Waals surface area contributed by atoms with Gasteiger partial charge in [-0.3, -0.25) is 0 Å². The van der Waals surface area contributed by atoms with E-state index >= 15 is 0 Å². The summed E-state index contributed by atoms with van der Waals surface area (Å²) in [6.07, 6.45) is 0. The molecule has 0 bridgehead atoms. The third kappa shape index (κ3) is 0.794. The summed E-state index contributed by atoms with van der Waals surface area (Å²) in [5, 5.41) is 0. The summed E-state index contributed by atoms with van der Waals surface area (Å²) in [4.78, 5) is 12.7. The molecule has 0 amide bonds. The third-order valence-electron chi connectivity index (χ3n) is 1.81. The standard InChI is InChI=1S/C9H8NO2/c1-10(2)7-5-3-4-6-8(7)12-9(6)11/h3,5H,1-2H3. The Morgan fingerprint density at radius 2 is 2.25 bits per heavy atom. The van der Waals surface area contributed by atoms with Crippen molar-refractivity contribution in [2.75, 3.05) is 19.0 Å². The Morgan fingerprint density at radius 1 is 1.50 bits per heavy atom. The molecule has 61 valence electrons. The molecule has 0 aromatic heterocycles. The van der Waals surface area contributed by atoms with Crippen LogP contribution in [-0.4, -0.2) is 20.1 Å². The first-order valence-corrected chi connectivity index (χ1v) is 3.64. The van der Waals surface area contributed by atoms with E-state index in [4.69, 9.17) is 4.74 Å². The van der Waals surface area contributed by atoms with Crippen molar-refractivity contribution in [3.8, 4) is 5.75 Å². The monoisotopic (exact) mass is 162 g/mol. The Bertz CT molecular complexity index is 344. The topological polar surface area (TPSA) is 29.5 Å². The van der Waals surface area contributed by atoms with Crippen molar-refractivity contribution in [3.63, 3.8) is 0 Å². The summed E-state index contributed by atoms with van der Waals surface area (Å²) in [5.41, 5.74) is 1.48. The maximum atomic E-state index is 10.8. The number of ether oxygens (including phenoxy) is 1. The van der Waals surface area contributed by atoms with E-state index in [1.807, 2.05) is 25.1 Å². The van der Waals surface area contributed by atoms with E-state index in [2.05, 4.69) is 6.07 Å². The van der Waals surface area contributed by atoms with Crippen molar-refractivity contribution in [1.82, 2.24) is 0 Å². The number of esters is 1. The van der Waals surface area contributed by atoms with E-state index in [-0.39, 0.29) is 5.97 Å². The highest BCUT2D eigenvalue weighted by atomic mass is 16.6. The van der Waals surface area contributed by atoms with Gasteiger partial charge in [-0.1, -0.05) is 6.07 Å². The van der Waals surface area contributed by atoms with Crippen LogP contribution in [0.4, 0.5) is 5.69 Å². The molecule has 1 heterocycles. The number of carbonyl (C=O) groups is 1. The number of anilines is 1. The van der Waals surface area contributed by atoms with Gasteiger partial charge in [0.25, 0.3) is 0 Å². The minimum Gasteiger partial charge on any atom is -0.420 e. The van der Waals surface area contributed by atoms with E-state index < -0.39 is 0 Å². The number of nitrogens with zero attached hydrogens (tertiary/aromatic N) is 1. The minimum atomic E-state index is -0.284. The van der Waals surface area contributed by atoms with Gasteiger partial charge in [-0.25, -0.2) is 4.79 Å². The Morgan fingerprint density at radius 3 is 2.83 bits per heavy atom. The average molecular weight is 162 g/mol. The van der Waals surface area contributed by atoms with Gasteiger partial charge in [-0.15, -0.1) is 0 Å². The quantitative estimate of drug-likeness (QED) is 0.579. The molecule has 1 aromatic rings. The average Bonchev–Trinajstić information content (AvgIpc) is 2.02. The maximum absolute atomic E-state index is 10.8. The van der Waals surface area contributed by atoms with Crippen LogP contribution in [0.2, 0.25) is 0 Å². The van der Waals surface area contributed by atoms with Gasteiger partial charge >= 0.3 is 5.97 Å². The molecule has 0 atom stereocenters. The van der Waals surface area contributed by atoms with Crippen LogP contribution in [0.25, 0.3) is 0 Å². The SMILES string of the molecule is CN(C)c1cc[c]c2c1OC2=O. The lowest BCUT2D eigenvalue weighted by Crippen LogP contribution is -2.24. The third-order valence-corrected chi connectivity index (χ3v) is 1.81. The highest BCUT2D eigenvalue weighted by Gasteiger charge is 2.29. The summed E-state index contributed by atoms with van der Waals surface area (Å²) in [6.45, 7) is 0. The van der Waals surface area contributed by atoms with Crippen LogP contribution in [0.15, 0.2) is 12.1 Å². The normalized spacial score (nSPS) is 13.0. The van der Waals surface area contributed by atoms with Crippen LogP contribution in [0.3, 0.4) is 0 Å². The van der Waals surface area contributed by atoms with Crippen LogP contribution in [-0.2, 0) is 0 Å². The summed E-state index contributed by atoms with van der Waals surface area (Å²) < 4.78 is 4.87. The van der Waals surface area contributed by atoms with Gasteiger partial charge in [0, 0.05) is 20.2 Å². The molecule has 0 aliphatic carbocycles. The molecule has 1 aromatic carbocycles. The molecule has 1 aliphatic rings. The number of benzene rings is 1. The first kappa shape index (κ1) is 7.16. The van der Waals surface area contributed by atoms with Gasteiger partial charge in [0.15, 0.2) is 5.75 Å². The zero-order chi connectivity index (χ0) is 8.72. The molecule has 3 nitrogen and oxygen atoms in total. The zero-order valence-corrected chi connectivity index (χ0v) is 6.92. The van der Waals surface area contributed by atoms with Crippen LogP contribution >= 0.6 is 0 Å². The molecule has 3 heteroatoms. The molecule has 2 rings (SSSR count). The Kier molecular flexibility index (Phi) is 1.33. The second-order valence-corrected chi connectivity index (χ2v) is 2.85. The number of fused-ring (bicyclic) bond motifs is 1. The van der Waals surface area contributed by atoms with E-state index in [0.29, 0.717) is 11.3 Å². The fourth-order valence-electron chi connectivity index (χ4n) is 1.18. The van der Waals surface area contributed by atoms with Gasteiger partial charge in [0.1, 0.15) is 5.56 Å². The fraction of sp³-hybridized carbons (Fsp3) is 0.222. The van der Waals surface area contributed by atoms with Crippen LogP contribution in [0.1, 0.15) is 10.4 Å². The molecule has 0 spiro atoms. The lowest BCUT2D eigenvalue weighted by atomic mass is 10.1. The van der Waals surface area contributed by atoms with Crippen molar-refractivity contribution in [2.45, 2.75) is 0 Å². The fourth-order valence-corrected chi connectivity index (χ4v) is 1.18. The number of rotatable bonds is 1. The molecular formula is C9H8NO2. The van der Waals surface area contributed by atoms with Gasteiger partial charge in [0.05, 0.1) is 5.69 Å². The highest BCUT2D eigenvalue weighted by Crippen LogP contribution is 2.37. The summed E-state index contributed by atoms with van der Waals surface area (Å²) >= 11 is 0. The first-order chi connectivity index (χ1) is 5.70. The van der Waals surface area contributed by atoms with Gasteiger partial charge < -0.3 is 9.64 Å². The molecule has 0 fully saturated rings. The molecule has 0 unspecified atom stereocenters. The molecule has 0 saturated carbocycles. The lowest BCUT2D eigenvalue weighted by Gasteiger charge is -2.24. The smallest absolute Gasteiger partial charge is 0.348 e. The van der Waals surface area contributed by atoms with Crippen molar-refractivity contribution in [1.29, 1.82) is 0 Å². The van der Waals surface area contributed by atoms with Gasteiger partial charge in [-0.2, -0.15) is 0 Å². The van der Waals surface area contributed by atoms with Crippen molar-refractivity contribution in [2.24, 2.45) is 0 Å². The molecule has 0 N–H and O–H groups in total. The van der Waals surface area contributed by atoms with Crippen molar-refractivity contribution >= 4 is 11.7 Å². The lowest BCUT2D eigenvalue weighted by molar-refractivity contribution is 0.0659. The van der Waals surface area contributed by atoms with Crippen molar-refractivity contribution < 1.29 is 9.53 Å². The second kappa shape index (κ2) is 2.24. The molecular weight excluding hydrogens is 154 g/mol. The maximum Gasteiger partial charge on any atom is 0.348 e. The Labute approximate surface area is 70.6 Å². The number of hydrogen-bond acceptors (Lipinski definition) is 3. The number of hydrogen-bond donors (Lipinski definition) is 0. The van der Waals surface area contributed by atoms with E-state index in [9.17, 15) is 4.79 Å².